The largest absolute Gasteiger partial charge is 0.383 e. The summed E-state index contributed by atoms with van der Waals surface area (Å²) in [6.45, 7) is 9.62. The lowest BCUT2D eigenvalue weighted by atomic mass is 10.2. The van der Waals surface area contributed by atoms with E-state index in [-0.39, 0.29) is 35.9 Å². The van der Waals surface area contributed by atoms with Gasteiger partial charge in [-0.3, -0.25) is 14.7 Å². The number of anilines is 1. The Hall–Kier alpha value is -1.59. The molecule has 1 aromatic carbocycles. The fourth-order valence-electron chi connectivity index (χ4n) is 4.23. The summed E-state index contributed by atoms with van der Waals surface area (Å²) in [5.41, 5.74) is 2.31. The van der Waals surface area contributed by atoms with E-state index in [1.165, 1.54) is 5.56 Å². The Bertz CT molecular complexity index is 716. The van der Waals surface area contributed by atoms with Crippen LogP contribution < -0.4 is 10.6 Å². The molecule has 9 heteroatoms. The molecule has 3 rings (SSSR count). The van der Waals surface area contributed by atoms with Gasteiger partial charge in [0.2, 0.25) is 5.91 Å². The molecule has 2 heterocycles. The first-order valence-electron chi connectivity index (χ1n) is 11.4. The molecule has 2 fully saturated rings. The molecule has 1 aromatic rings. The fraction of sp³-hybridized carbons (Fsp3) is 0.652. The van der Waals surface area contributed by atoms with E-state index in [0.717, 1.165) is 76.8 Å². The molecule has 180 valence electrons. The average molecular weight is 559 g/mol. The molecule has 0 aromatic heterocycles. The summed E-state index contributed by atoms with van der Waals surface area (Å²) in [5, 5.41) is 6.81. The second kappa shape index (κ2) is 13.8. The van der Waals surface area contributed by atoms with Crippen molar-refractivity contribution in [3.05, 3.63) is 29.8 Å². The molecule has 2 saturated heterocycles. The van der Waals surface area contributed by atoms with Crippen molar-refractivity contribution in [1.29, 1.82) is 0 Å². The van der Waals surface area contributed by atoms with Crippen LogP contribution >= 0.6 is 24.0 Å². The van der Waals surface area contributed by atoms with Gasteiger partial charge in [-0.25, -0.2) is 0 Å². The van der Waals surface area contributed by atoms with Gasteiger partial charge in [0, 0.05) is 72.2 Å². The number of carbonyl (C=O) groups is 1. The van der Waals surface area contributed by atoms with E-state index in [2.05, 4.69) is 56.6 Å². The number of hydrogen-bond donors (Lipinski definition) is 2. The summed E-state index contributed by atoms with van der Waals surface area (Å²) < 4.78 is 5.06. The normalized spacial score (nSPS) is 18.3. The third-order valence-electron chi connectivity index (χ3n) is 6.19. The van der Waals surface area contributed by atoms with Crippen molar-refractivity contribution in [1.82, 2.24) is 20.0 Å². The standard InChI is InChI=1S/C23H38N6O2.HI/c1-19(22(30)28-11-4-5-12-28)27-13-15-29(16-14-27)23(24-2)26-18-20-6-8-21(9-7-20)25-10-17-31-3;/h6-9,19,25H,4-5,10-18H2,1-3H3,(H,24,26);1H. The number of methoxy groups -OCH3 is 1. The Morgan fingerprint density at radius 2 is 1.72 bits per heavy atom. The van der Waals surface area contributed by atoms with E-state index >= 15 is 0 Å². The second-order valence-corrected chi connectivity index (χ2v) is 8.25. The summed E-state index contributed by atoms with van der Waals surface area (Å²) in [4.78, 5) is 23.8. The third-order valence-corrected chi connectivity index (χ3v) is 6.19. The molecular weight excluding hydrogens is 519 g/mol. The minimum absolute atomic E-state index is 0. The number of ether oxygens (including phenoxy) is 1. The van der Waals surface area contributed by atoms with Crippen LogP contribution in [-0.4, -0.2) is 99.2 Å². The first-order valence-corrected chi connectivity index (χ1v) is 11.4. The summed E-state index contributed by atoms with van der Waals surface area (Å²) in [6.07, 6.45) is 2.28. The Morgan fingerprint density at radius 3 is 2.31 bits per heavy atom. The molecule has 0 radical (unpaired) electrons. The first kappa shape index (κ1) is 26.7. The minimum Gasteiger partial charge on any atom is -0.383 e. The molecule has 2 aliphatic heterocycles. The van der Waals surface area contributed by atoms with Crippen molar-refractivity contribution in [2.45, 2.75) is 32.4 Å². The zero-order valence-electron chi connectivity index (χ0n) is 19.7. The molecular formula is C23H39IN6O2. The summed E-state index contributed by atoms with van der Waals surface area (Å²) in [6, 6.07) is 8.39. The fourth-order valence-corrected chi connectivity index (χ4v) is 4.23. The number of hydrogen-bond acceptors (Lipinski definition) is 5. The van der Waals surface area contributed by atoms with Gasteiger partial charge >= 0.3 is 0 Å². The highest BCUT2D eigenvalue weighted by Gasteiger charge is 2.30. The number of guanidine groups is 1. The monoisotopic (exact) mass is 558 g/mol. The SMILES string of the molecule is CN=C(NCc1ccc(NCCOC)cc1)N1CCN(C(C)C(=O)N2CCCC2)CC1.I. The first-order chi connectivity index (χ1) is 15.1. The van der Waals surface area contributed by atoms with Crippen molar-refractivity contribution in [2.24, 2.45) is 4.99 Å². The van der Waals surface area contributed by atoms with E-state index in [4.69, 9.17) is 4.74 Å². The number of carbonyl (C=O) groups excluding carboxylic acids is 1. The van der Waals surface area contributed by atoms with Gasteiger partial charge in [0.1, 0.15) is 0 Å². The van der Waals surface area contributed by atoms with E-state index in [9.17, 15) is 4.79 Å². The molecule has 1 amide bonds. The van der Waals surface area contributed by atoms with Gasteiger partial charge < -0.3 is 25.2 Å². The molecule has 0 aliphatic carbocycles. The molecule has 1 unspecified atom stereocenters. The zero-order chi connectivity index (χ0) is 22.1. The van der Waals surface area contributed by atoms with Crippen LogP contribution in [0.2, 0.25) is 0 Å². The maximum absolute atomic E-state index is 12.7. The lowest BCUT2D eigenvalue weighted by Crippen LogP contribution is -2.57. The van der Waals surface area contributed by atoms with Gasteiger partial charge in [-0.2, -0.15) is 0 Å². The second-order valence-electron chi connectivity index (χ2n) is 8.25. The van der Waals surface area contributed by atoms with Crippen LogP contribution in [0.25, 0.3) is 0 Å². The molecule has 8 nitrogen and oxygen atoms in total. The lowest BCUT2D eigenvalue weighted by Gasteiger charge is -2.39. The van der Waals surface area contributed by atoms with Gasteiger partial charge in [-0.1, -0.05) is 12.1 Å². The smallest absolute Gasteiger partial charge is 0.239 e. The number of piperazine rings is 1. The van der Waals surface area contributed by atoms with Crippen LogP contribution in [0.3, 0.4) is 0 Å². The Balaban J connectivity index is 0.00000363. The molecule has 32 heavy (non-hydrogen) atoms. The zero-order valence-corrected chi connectivity index (χ0v) is 22.0. The number of aliphatic imine (C=N–C) groups is 1. The minimum atomic E-state index is -0.0359. The van der Waals surface area contributed by atoms with E-state index < -0.39 is 0 Å². The number of benzene rings is 1. The predicted octanol–water partition coefficient (Wildman–Crippen LogP) is 2.07. The van der Waals surface area contributed by atoms with E-state index in [1.54, 1.807) is 7.11 Å². The van der Waals surface area contributed by atoms with Gasteiger partial charge in [-0.15, -0.1) is 24.0 Å². The van der Waals surface area contributed by atoms with Crippen LogP contribution in [-0.2, 0) is 16.1 Å². The quantitative estimate of drug-likeness (QED) is 0.221. The highest BCUT2D eigenvalue weighted by molar-refractivity contribution is 14.0. The number of nitrogens with one attached hydrogen (secondary N) is 2. The van der Waals surface area contributed by atoms with Crippen molar-refractivity contribution in [3.8, 4) is 0 Å². The number of nitrogens with zero attached hydrogens (tertiary/aromatic N) is 4. The molecule has 0 spiro atoms. The van der Waals surface area contributed by atoms with Gasteiger partial charge in [0.05, 0.1) is 12.6 Å². The highest BCUT2D eigenvalue weighted by Crippen LogP contribution is 2.14. The van der Waals surface area contributed by atoms with Crippen molar-refractivity contribution >= 4 is 41.5 Å². The van der Waals surface area contributed by atoms with Crippen molar-refractivity contribution in [2.75, 3.05) is 71.9 Å². The van der Waals surface area contributed by atoms with Crippen molar-refractivity contribution < 1.29 is 9.53 Å². The molecule has 0 saturated carbocycles. The highest BCUT2D eigenvalue weighted by atomic mass is 127. The molecule has 2 N–H and O–H groups in total. The lowest BCUT2D eigenvalue weighted by molar-refractivity contribution is -0.135. The van der Waals surface area contributed by atoms with E-state index in [1.807, 2.05) is 11.9 Å². The molecule has 0 bridgehead atoms. The number of rotatable bonds is 8. The average Bonchev–Trinajstić information content (AvgIpc) is 3.35. The summed E-state index contributed by atoms with van der Waals surface area (Å²) >= 11 is 0. The molecule has 1 atom stereocenters. The number of halogens is 1. The Labute approximate surface area is 209 Å². The Kier molecular flexibility index (Phi) is 11.5. The maximum atomic E-state index is 12.7. The summed E-state index contributed by atoms with van der Waals surface area (Å²) in [5.74, 6) is 1.20. The van der Waals surface area contributed by atoms with Gasteiger partial charge in [0.25, 0.3) is 0 Å². The Morgan fingerprint density at radius 1 is 1.06 bits per heavy atom. The van der Waals surface area contributed by atoms with Gasteiger partial charge in [0.15, 0.2) is 5.96 Å². The van der Waals surface area contributed by atoms with Crippen molar-refractivity contribution in [3.63, 3.8) is 0 Å². The topological polar surface area (TPSA) is 72.4 Å². The van der Waals surface area contributed by atoms with Gasteiger partial charge in [-0.05, 0) is 37.5 Å². The maximum Gasteiger partial charge on any atom is 0.239 e. The predicted molar refractivity (Wildman–Crippen MR) is 141 cm³/mol. The van der Waals surface area contributed by atoms with Crippen LogP contribution in [0, 0.1) is 0 Å². The number of likely N-dealkylation sites (tertiary alicyclic amines) is 1. The van der Waals surface area contributed by atoms with Crippen LogP contribution in [0.15, 0.2) is 29.3 Å². The van der Waals surface area contributed by atoms with Crippen LogP contribution in [0.4, 0.5) is 5.69 Å². The summed E-state index contributed by atoms with van der Waals surface area (Å²) in [7, 11) is 3.54. The molecule has 2 aliphatic rings. The van der Waals surface area contributed by atoms with Crippen LogP contribution in [0.1, 0.15) is 25.3 Å². The third kappa shape index (κ3) is 7.48. The van der Waals surface area contributed by atoms with Crippen LogP contribution in [0.5, 0.6) is 0 Å². The number of amides is 1. The van der Waals surface area contributed by atoms with E-state index in [0.29, 0.717) is 6.61 Å².